The van der Waals surface area contributed by atoms with E-state index in [9.17, 15) is 40.0 Å². The molecule has 0 radical (unpaired) electrons. The third-order valence-corrected chi connectivity index (χ3v) is 13.8. The number of cyclic esters (lactones) is 1. The van der Waals surface area contributed by atoms with Crippen LogP contribution in [0.1, 0.15) is 107 Å². The molecule has 3 heterocycles. The molecule has 3 saturated heterocycles. The smallest absolute Gasteiger partial charge is 0.509 e. The molecule has 0 saturated carbocycles. The number of methoxy groups -OCH3 is 1. The Balaban J connectivity index is 1.80. The highest BCUT2D eigenvalue weighted by atomic mass is 16.8. The number of rotatable bonds is 11. The number of hydroxylamine groups is 3. The lowest BCUT2D eigenvalue weighted by atomic mass is 9.73. The highest BCUT2D eigenvalue weighted by molar-refractivity contribution is 5.73. The van der Waals surface area contributed by atoms with Gasteiger partial charge in [0.15, 0.2) is 12.4 Å². The number of nitrogens with zero attached hydrogens (tertiary/aromatic N) is 1. The number of hydrogen-bond donors (Lipinski definition) is 4. The lowest BCUT2D eigenvalue weighted by Gasteiger charge is -2.52. The van der Waals surface area contributed by atoms with Crippen LogP contribution in [0.25, 0.3) is 0 Å². The Hall–Kier alpha value is -3.01. The molecule has 3 fully saturated rings. The summed E-state index contributed by atoms with van der Waals surface area (Å²) in [5.41, 5.74) is -4.39. The number of benzene rings is 1. The summed E-state index contributed by atoms with van der Waals surface area (Å²) in [5.74, 6) is -5.41. The molecule has 0 bridgehead atoms. The predicted molar refractivity (Wildman–Crippen MR) is 234 cm³/mol. The number of esters is 2. The van der Waals surface area contributed by atoms with Gasteiger partial charge in [-0.1, -0.05) is 58.0 Å². The Morgan fingerprint density at radius 2 is 1.52 bits per heavy atom. The summed E-state index contributed by atoms with van der Waals surface area (Å²) in [4.78, 5) is 40.1. The Morgan fingerprint density at radius 3 is 2.09 bits per heavy atom. The lowest BCUT2D eigenvalue weighted by molar-refractivity contribution is -0.874. The van der Waals surface area contributed by atoms with Gasteiger partial charge in [-0.05, 0) is 65.9 Å². The van der Waals surface area contributed by atoms with Crippen LogP contribution in [-0.4, -0.2) is 155 Å². The second-order valence-corrected chi connectivity index (χ2v) is 19.9. The molecule has 1 aromatic carbocycles. The van der Waals surface area contributed by atoms with Gasteiger partial charge in [-0.25, -0.2) is 4.79 Å². The Kier molecular flexibility index (Phi) is 18.4. The van der Waals surface area contributed by atoms with Crippen molar-refractivity contribution in [1.82, 2.24) is 0 Å². The second kappa shape index (κ2) is 22.0. The molecule has 0 aromatic heterocycles. The summed E-state index contributed by atoms with van der Waals surface area (Å²) in [6.45, 7) is 17.3. The molecule has 65 heavy (non-hydrogen) atoms. The van der Waals surface area contributed by atoms with Crippen molar-refractivity contribution in [2.24, 2.45) is 23.7 Å². The van der Waals surface area contributed by atoms with E-state index in [1.807, 2.05) is 30.3 Å². The third-order valence-electron chi connectivity index (χ3n) is 13.8. The zero-order valence-electron chi connectivity index (χ0n) is 40.7. The number of carbonyl (C=O) groups is 3. The molecule has 18 heteroatoms. The van der Waals surface area contributed by atoms with E-state index in [1.54, 1.807) is 55.4 Å². The Morgan fingerprint density at radius 1 is 0.892 bits per heavy atom. The molecule has 3 aliphatic heterocycles. The average Bonchev–Trinajstić information content (AvgIpc) is 3.22. The molecule has 0 unspecified atom stereocenters. The number of aliphatic hydroxyl groups is 4. The van der Waals surface area contributed by atoms with Gasteiger partial charge in [-0.15, -0.1) is 0 Å². The minimum Gasteiger partial charge on any atom is -0.633 e. The molecule has 4 rings (SSSR count). The number of aliphatic hydroxyl groups excluding tert-OH is 2. The number of carbonyl (C=O) groups excluding carboxylic acids is 3. The Labute approximate surface area is 384 Å². The van der Waals surface area contributed by atoms with E-state index in [2.05, 4.69) is 0 Å². The number of likely N-dealkylation sites (N-methyl/N-ethyl adjacent to an activating group) is 1. The van der Waals surface area contributed by atoms with Gasteiger partial charge >= 0.3 is 18.1 Å². The maximum Gasteiger partial charge on any atom is 0.509 e. The molecule has 372 valence electrons. The summed E-state index contributed by atoms with van der Waals surface area (Å²) in [6, 6.07) is 8.26. The highest BCUT2D eigenvalue weighted by Gasteiger charge is 2.55. The average molecular weight is 928 g/mol. The zero-order chi connectivity index (χ0) is 49.0. The number of hydrogen-bond acceptors (Lipinski definition) is 17. The first kappa shape index (κ1) is 54.6. The molecule has 0 amide bonds. The standard InChI is InChI=1S/C47H77NO17/c1-15-34-47(11,55)39(51)27(4)36(50)25(2)22-45(9,54)40(64-43-38(61-31(8)49)33(48(12,13)56)21-26(3)59-43)28(5)37(29(6)42(52)62-34)63-35-23-46(10,57-14)41(30(7)60-35)65-44(53)58-24-32-19-17-16-18-20-32/h16-20,25-30,33-41,43,50-51,54-55H,15,21-24H2,1-14H3/t25-,26-,27+,28+,29-,30+,33+,34-,35+,36+,37+,38-,39-,40-,41+,43+,45-,46-,47-/m1/s1. The summed E-state index contributed by atoms with van der Waals surface area (Å²) in [7, 11) is 4.30. The molecule has 4 N–H and O–H groups in total. The van der Waals surface area contributed by atoms with Crippen LogP contribution in [0.15, 0.2) is 30.3 Å². The molecule has 0 spiro atoms. The normalized spacial score (nSPS) is 42.5. The predicted octanol–water partition coefficient (Wildman–Crippen LogP) is 4.52. The van der Waals surface area contributed by atoms with Crippen molar-refractivity contribution in [3.63, 3.8) is 0 Å². The van der Waals surface area contributed by atoms with Crippen molar-refractivity contribution in [1.29, 1.82) is 0 Å². The van der Waals surface area contributed by atoms with Crippen LogP contribution in [0.4, 0.5) is 4.79 Å². The van der Waals surface area contributed by atoms with Crippen LogP contribution in [0.3, 0.4) is 0 Å². The van der Waals surface area contributed by atoms with Crippen LogP contribution >= 0.6 is 0 Å². The van der Waals surface area contributed by atoms with Crippen LogP contribution in [0, 0.1) is 28.9 Å². The van der Waals surface area contributed by atoms with E-state index >= 15 is 0 Å². The first-order valence-corrected chi connectivity index (χ1v) is 22.8. The van der Waals surface area contributed by atoms with Crippen molar-refractivity contribution in [2.45, 2.75) is 199 Å². The SMILES string of the molecule is CC[C@H]1OC(=O)[C@H](C)[C@@H](O[C@H]2C[C@@](C)(OC)[C@@H](OC(=O)OCc3ccccc3)[C@H](C)O2)[C@H](C)[C@@H](O[C@@H]2O[C@H](C)C[C@H]([N+](C)(C)[O-])[C@H]2OC(C)=O)[C@](C)(O)C[C@@H](C)[C@H](O)[C@H](C)[C@@H](O)[C@]1(C)O. The van der Waals surface area contributed by atoms with E-state index in [0.717, 1.165) is 5.56 Å². The van der Waals surface area contributed by atoms with Crippen LogP contribution in [0.2, 0.25) is 0 Å². The quantitative estimate of drug-likeness (QED) is 0.103. The van der Waals surface area contributed by atoms with Crippen molar-refractivity contribution >= 4 is 18.1 Å². The maximum atomic E-state index is 14.5. The van der Waals surface area contributed by atoms with Gasteiger partial charge < -0.3 is 72.9 Å². The van der Waals surface area contributed by atoms with Crippen molar-refractivity contribution in [3.05, 3.63) is 41.1 Å². The summed E-state index contributed by atoms with van der Waals surface area (Å²) >= 11 is 0. The summed E-state index contributed by atoms with van der Waals surface area (Å²) in [5, 5.41) is 61.4. The monoisotopic (exact) mass is 928 g/mol. The zero-order valence-corrected chi connectivity index (χ0v) is 40.7. The fraction of sp³-hybridized carbons (Fsp3) is 0.809. The molecular weight excluding hydrogens is 851 g/mol. The summed E-state index contributed by atoms with van der Waals surface area (Å²) < 4.78 is 54.4. The molecule has 18 nitrogen and oxygen atoms in total. The molecular formula is C47H77NO17. The van der Waals surface area contributed by atoms with Gasteiger partial charge in [-0.3, -0.25) is 9.59 Å². The van der Waals surface area contributed by atoms with Crippen LogP contribution < -0.4 is 0 Å². The van der Waals surface area contributed by atoms with Gasteiger partial charge in [0.05, 0.1) is 62.2 Å². The van der Waals surface area contributed by atoms with E-state index < -0.39 is 137 Å². The maximum absolute atomic E-state index is 14.5. The lowest BCUT2D eigenvalue weighted by Crippen LogP contribution is -2.64. The van der Waals surface area contributed by atoms with Gasteiger partial charge in [-0.2, -0.15) is 0 Å². The fourth-order valence-electron chi connectivity index (χ4n) is 10.1. The summed E-state index contributed by atoms with van der Waals surface area (Å²) in [6.07, 6.45) is -13.7. The largest absolute Gasteiger partial charge is 0.633 e. The third kappa shape index (κ3) is 13.2. The first-order valence-electron chi connectivity index (χ1n) is 22.8. The molecule has 3 aliphatic rings. The Bertz CT molecular complexity index is 1710. The van der Waals surface area contributed by atoms with Gasteiger partial charge in [0, 0.05) is 38.7 Å². The molecule has 19 atom stereocenters. The van der Waals surface area contributed by atoms with E-state index in [1.165, 1.54) is 42.0 Å². The fourth-order valence-corrected chi connectivity index (χ4v) is 10.1. The first-order chi connectivity index (χ1) is 30.1. The minimum atomic E-state index is -2.02. The van der Waals surface area contributed by atoms with Crippen LogP contribution in [-0.2, 0) is 58.8 Å². The van der Waals surface area contributed by atoms with Gasteiger partial charge in [0.1, 0.15) is 30.0 Å². The van der Waals surface area contributed by atoms with Crippen molar-refractivity contribution < 1.29 is 82.1 Å². The van der Waals surface area contributed by atoms with Crippen molar-refractivity contribution in [2.75, 3.05) is 21.2 Å². The van der Waals surface area contributed by atoms with Gasteiger partial charge in [0.25, 0.3) is 0 Å². The van der Waals surface area contributed by atoms with E-state index in [-0.39, 0.29) is 32.3 Å². The van der Waals surface area contributed by atoms with Crippen molar-refractivity contribution in [3.8, 4) is 0 Å². The molecule has 1 aromatic rings. The van der Waals surface area contributed by atoms with Gasteiger partial charge in [0.2, 0.25) is 12.4 Å². The van der Waals surface area contributed by atoms with E-state index in [4.69, 9.17) is 42.6 Å². The highest BCUT2D eigenvalue weighted by Crippen LogP contribution is 2.42. The van der Waals surface area contributed by atoms with Crippen LogP contribution in [0.5, 0.6) is 0 Å². The van der Waals surface area contributed by atoms with E-state index in [0.29, 0.717) is 0 Å². The molecule has 0 aliphatic carbocycles. The topological polar surface area (TPSA) is 238 Å². The number of ether oxygens (including phenoxy) is 9. The minimum absolute atomic E-state index is 0.0252. The second-order valence-electron chi connectivity index (χ2n) is 19.9. The number of quaternary nitrogens is 1.